The first-order valence-electron chi connectivity index (χ1n) is 5.73. The van der Waals surface area contributed by atoms with E-state index in [2.05, 4.69) is 9.97 Å². The van der Waals surface area contributed by atoms with Crippen LogP contribution >= 0.6 is 0 Å². The number of aliphatic hydroxyl groups is 1. The van der Waals surface area contributed by atoms with Gasteiger partial charge in [-0.15, -0.1) is 0 Å². The van der Waals surface area contributed by atoms with Crippen molar-refractivity contribution in [1.29, 1.82) is 0 Å². The molecular weight excluding hydrogens is 230 g/mol. The van der Waals surface area contributed by atoms with Crippen molar-refractivity contribution in [2.75, 3.05) is 13.7 Å². The molecule has 1 heterocycles. The lowest BCUT2D eigenvalue weighted by Gasteiger charge is -2.06. The molecule has 2 aromatic rings. The SMILES string of the molecule is COc1ccccc1-c1nc(C(N)CO)[nH]c1C. The molecule has 96 valence electrons. The molecule has 0 spiro atoms. The zero-order valence-corrected chi connectivity index (χ0v) is 10.5. The van der Waals surface area contributed by atoms with Crippen LogP contribution in [0.2, 0.25) is 0 Å². The molecule has 5 nitrogen and oxygen atoms in total. The van der Waals surface area contributed by atoms with E-state index in [0.717, 1.165) is 22.7 Å². The Morgan fingerprint density at radius 1 is 1.44 bits per heavy atom. The number of aryl methyl sites for hydroxylation is 1. The van der Waals surface area contributed by atoms with E-state index in [1.807, 2.05) is 31.2 Å². The number of nitrogens with one attached hydrogen (secondary N) is 1. The molecule has 1 atom stereocenters. The van der Waals surface area contributed by atoms with Crippen LogP contribution in [-0.2, 0) is 0 Å². The number of imidazole rings is 1. The van der Waals surface area contributed by atoms with Crippen LogP contribution in [0.1, 0.15) is 17.6 Å². The van der Waals surface area contributed by atoms with Crippen LogP contribution < -0.4 is 10.5 Å². The third-order valence-electron chi connectivity index (χ3n) is 2.81. The smallest absolute Gasteiger partial charge is 0.128 e. The quantitative estimate of drug-likeness (QED) is 0.762. The molecule has 0 aliphatic heterocycles. The summed E-state index contributed by atoms with van der Waals surface area (Å²) in [7, 11) is 1.63. The number of aromatic amines is 1. The van der Waals surface area contributed by atoms with Crippen LogP contribution in [0.4, 0.5) is 0 Å². The fraction of sp³-hybridized carbons (Fsp3) is 0.308. The van der Waals surface area contributed by atoms with Gasteiger partial charge in [0.15, 0.2) is 0 Å². The lowest BCUT2D eigenvalue weighted by molar-refractivity contribution is 0.264. The minimum absolute atomic E-state index is 0.141. The number of ether oxygens (including phenoxy) is 1. The van der Waals surface area contributed by atoms with Gasteiger partial charge >= 0.3 is 0 Å². The van der Waals surface area contributed by atoms with Crippen LogP contribution in [-0.4, -0.2) is 28.8 Å². The maximum absolute atomic E-state index is 9.05. The van der Waals surface area contributed by atoms with Crippen LogP contribution in [0.5, 0.6) is 5.75 Å². The molecule has 1 aromatic heterocycles. The molecule has 0 saturated carbocycles. The Morgan fingerprint density at radius 3 is 2.83 bits per heavy atom. The molecule has 1 unspecified atom stereocenters. The van der Waals surface area contributed by atoms with Crippen molar-refractivity contribution in [1.82, 2.24) is 9.97 Å². The van der Waals surface area contributed by atoms with Gasteiger partial charge in [-0.2, -0.15) is 0 Å². The predicted molar refractivity (Wildman–Crippen MR) is 69.3 cm³/mol. The molecule has 2 rings (SSSR count). The summed E-state index contributed by atoms with van der Waals surface area (Å²) in [5.41, 5.74) is 8.36. The summed E-state index contributed by atoms with van der Waals surface area (Å²) in [4.78, 5) is 7.53. The lowest BCUT2D eigenvalue weighted by Crippen LogP contribution is -2.16. The van der Waals surface area contributed by atoms with Crippen molar-refractivity contribution < 1.29 is 9.84 Å². The van der Waals surface area contributed by atoms with Gasteiger partial charge in [0.05, 0.1) is 25.5 Å². The third-order valence-corrected chi connectivity index (χ3v) is 2.81. The number of nitrogens with two attached hydrogens (primary N) is 1. The second-order valence-corrected chi connectivity index (χ2v) is 4.09. The Balaban J connectivity index is 2.47. The second-order valence-electron chi connectivity index (χ2n) is 4.09. The normalized spacial score (nSPS) is 12.4. The minimum Gasteiger partial charge on any atom is -0.496 e. The lowest BCUT2D eigenvalue weighted by atomic mass is 10.1. The topological polar surface area (TPSA) is 84.2 Å². The number of aromatic nitrogens is 2. The molecule has 0 aliphatic carbocycles. The van der Waals surface area contributed by atoms with Gasteiger partial charge in [0.2, 0.25) is 0 Å². The zero-order valence-electron chi connectivity index (χ0n) is 10.5. The van der Waals surface area contributed by atoms with E-state index < -0.39 is 6.04 Å². The van der Waals surface area contributed by atoms with E-state index in [1.54, 1.807) is 7.11 Å². The molecule has 0 fully saturated rings. The third kappa shape index (κ3) is 2.23. The van der Waals surface area contributed by atoms with Gasteiger partial charge in [0.25, 0.3) is 0 Å². The van der Waals surface area contributed by atoms with Crippen LogP contribution in [0.3, 0.4) is 0 Å². The fourth-order valence-electron chi connectivity index (χ4n) is 1.85. The van der Waals surface area contributed by atoms with E-state index >= 15 is 0 Å². The number of methoxy groups -OCH3 is 1. The Kier molecular flexibility index (Phi) is 3.64. The van der Waals surface area contributed by atoms with Gasteiger partial charge in [0, 0.05) is 11.3 Å². The average Bonchev–Trinajstić information content (AvgIpc) is 2.79. The molecule has 0 saturated heterocycles. The van der Waals surface area contributed by atoms with Crippen LogP contribution in [0.15, 0.2) is 24.3 Å². The highest BCUT2D eigenvalue weighted by Gasteiger charge is 2.16. The Bertz CT molecular complexity index is 537. The first-order chi connectivity index (χ1) is 8.67. The second kappa shape index (κ2) is 5.20. The van der Waals surface area contributed by atoms with Crippen molar-refractivity contribution in [3.05, 3.63) is 35.8 Å². The molecule has 0 aliphatic rings. The number of H-pyrrole nitrogens is 1. The van der Waals surface area contributed by atoms with Gasteiger partial charge < -0.3 is 20.6 Å². The molecule has 4 N–H and O–H groups in total. The van der Waals surface area contributed by atoms with E-state index in [0.29, 0.717) is 5.82 Å². The van der Waals surface area contributed by atoms with Crippen molar-refractivity contribution >= 4 is 0 Å². The van der Waals surface area contributed by atoms with Gasteiger partial charge in [-0.3, -0.25) is 0 Å². The molecule has 1 aromatic carbocycles. The van der Waals surface area contributed by atoms with Crippen molar-refractivity contribution in [2.24, 2.45) is 5.73 Å². The van der Waals surface area contributed by atoms with Crippen LogP contribution in [0, 0.1) is 6.92 Å². The number of benzene rings is 1. The summed E-state index contributed by atoms with van der Waals surface area (Å²) < 4.78 is 5.32. The summed E-state index contributed by atoms with van der Waals surface area (Å²) >= 11 is 0. The van der Waals surface area contributed by atoms with E-state index in [-0.39, 0.29) is 6.61 Å². The average molecular weight is 247 g/mol. The summed E-state index contributed by atoms with van der Waals surface area (Å²) in [6.45, 7) is 1.78. The number of hydrogen-bond acceptors (Lipinski definition) is 4. The Morgan fingerprint density at radius 2 is 2.17 bits per heavy atom. The zero-order chi connectivity index (χ0) is 13.1. The number of hydrogen-bond donors (Lipinski definition) is 3. The van der Waals surface area contributed by atoms with Gasteiger partial charge in [-0.1, -0.05) is 12.1 Å². The first-order valence-corrected chi connectivity index (χ1v) is 5.73. The van der Waals surface area contributed by atoms with E-state index in [4.69, 9.17) is 15.6 Å². The van der Waals surface area contributed by atoms with Crippen LogP contribution in [0.25, 0.3) is 11.3 Å². The predicted octanol–water partition coefficient (Wildman–Crippen LogP) is 1.39. The maximum atomic E-state index is 9.05. The van der Waals surface area contributed by atoms with Gasteiger partial charge in [0.1, 0.15) is 11.6 Å². The maximum Gasteiger partial charge on any atom is 0.128 e. The highest BCUT2D eigenvalue weighted by atomic mass is 16.5. The first kappa shape index (κ1) is 12.6. The number of nitrogens with zero attached hydrogens (tertiary/aromatic N) is 1. The number of para-hydroxylation sites is 1. The highest BCUT2D eigenvalue weighted by Crippen LogP contribution is 2.30. The molecule has 0 amide bonds. The minimum atomic E-state index is -0.493. The highest BCUT2D eigenvalue weighted by molar-refractivity contribution is 5.69. The molecule has 0 radical (unpaired) electrons. The molecule has 18 heavy (non-hydrogen) atoms. The largest absolute Gasteiger partial charge is 0.496 e. The molecular formula is C13H17N3O2. The van der Waals surface area contributed by atoms with Crippen molar-refractivity contribution in [3.8, 4) is 17.0 Å². The number of aliphatic hydroxyl groups excluding tert-OH is 1. The molecule has 0 bridgehead atoms. The monoisotopic (exact) mass is 247 g/mol. The van der Waals surface area contributed by atoms with Gasteiger partial charge in [-0.25, -0.2) is 4.98 Å². The standard InChI is InChI=1S/C13H17N3O2/c1-8-12(16-13(15-8)10(14)7-17)9-5-3-4-6-11(9)18-2/h3-6,10,17H,7,14H2,1-2H3,(H,15,16). The van der Waals surface area contributed by atoms with Crippen molar-refractivity contribution in [2.45, 2.75) is 13.0 Å². The summed E-state index contributed by atoms with van der Waals surface area (Å²) in [5, 5.41) is 9.05. The number of rotatable bonds is 4. The molecule has 5 heteroatoms. The van der Waals surface area contributed by atoms with E-state index in [9.17, 15) is 0 Å². The van der Waals surface area contributed by atoms with Crippen molar-refractivity contribution in [3.63, 3.8) is 0 Å². The fourth-order valence-corrected chi connectivity index (χ4v) is 1.85. The van der Waals surface area contributed by atoms with Gasteiger partial charge in [-0.05, 0) is 19.1 Å². The summed E-state index contributed by atoms with van der Waals surface area (Å²) in [6, 6.07) is 7.17. The summed E-state index contributed by atoms with van der Waals surface area (Å²) in [5.74, 6) is 1.34. The van der Waals surface area contributed by atoms with E-state index in [1.165, 1.54) is 0 Å². The Hall–Kier alpha value is -1.85. The Labute approximate surface area is 106 Å². The summed E-state index contributed by atoms with van der Waals surface area (Å²) in [6.07, 6.45) is 0.